The van der Waals surface area contributed by atoms with E-state index in [9.17, 15) is 14.7 Å². The normalized spacial score (nSPS) is 14.8. The lowest BCUT2D eigenvalue weighted by Crippen LogP contribution is -2.17. The molecule has 128 valence electrons. The fourth-order valence-corrected chi connectivity index (χ4v) is 3.23. The summed E-state index contributed by atoms with van der Waals surface area (Å²) >= 11 is 0. The van der Waals surface area contributed by atoms with E-state index in [1.54, 1.807) is 24.3 Å². The monoisotopic (exact) mass is 334 g/mol. The lowest BCUT2D eigenvalue weighted by Gasteiger charge is -2.19. The standard InChI is InChI=1S/C22H22O3/c1-13(2)19(23)12-18(15-10-8-14(3)9-11-15)20-21(24)16-6-4-5-7-17(16)22(20)25/h4-11,13,18,24H,12H2,1-3H3/t18-/m0/s1. The molecule has 0 fully saturated rings. The van der Waals surface area contributed by atoms with Gasteiger partial charge in [-0.25, -0.2) is 0 Å². The molecule has 0 bridgehead atoms. The highest BCUT2D eigenvalue weighted by Crippen LogP contribution is 2.41. The molecule has 0 aliphatic heterocycles. The van der Waals surface area contributed by atoms with Crippen LogP contribution < -0.4 is 0 Å². The molecule has 3 nitrogen and oxygen atoms in total. The van der Waals surface area contributed by atoms with Crippen molar-refractivity contribution in [1.82, 2.24) is 0 Å². The highest BCUT2D eigenvalue weighted by atomic mass is 16.3. The average molecular weight is 334 g/mol. The Morgan fingerprint density at radius 3 is 2.16 bits per heavy atom. The van der Waals surface area contributed by atoms with Crippen molar-refractivity contribution in [2.75, 3.05) is 0 Å². The molecular formula is C22H22O3. The maximum atomic E-state index is 12.9. The predicted octanol–water partition coefficient (Wildman–Crippen LogP) is 4.86. The van der Waals surface area contributed by atoms with Gasteiger partial charge in [0.2, 0.25) is 0 Å². The van der Waals surface area contributed by atoms with Gasteiger partial charge in [0.25, 0.3) is 0 Å². The summed E-state index contributed by atoms with van der Waals surface area (Å²) in [6, 6.07) is 14.8. The largest absolute Gasteiger partial charge is 0.507 e. The van der Waals surface area contributed by atoms with Crippen molar-refractivity contribution in [3.05, 3.63) is 76.4 Å². The van der Waals surface area contributed by atoms with E-state index in [1.807, 2.05) is 45.0 Å². The summed E-state index contributed by atoms with van der Waals surface area (Å²) in [5.41, 5.74) is 3.37. The van der Waals surface area contributed by atoms with Crippen LogP contribution >= 0.6 is 0 Å². The molecule has 0 heterocycles. The predicted molar refractivity (Wildman–Crippen MR) is 98.7 cm³/mol. The Morgan fingerprint density at radius 1 is 1.00 bits per heavy atom. The van der Waals surface area contributed by atoms with Crippen molar-refractivity contribution >= 4 is 17.3 Å². The van der Waals surface area contributed by atoms with Crippen molar-refractivity contribution in [3.63, 3.8) is 0 Å². The molecule has 25 heavy (non-hydrogen) atoms. The average Bonchev–Trinajstić information content (AvgIpc) is 2.85. The molecule has 1 atom stereocenters. The van der Waals surface area contributed by atoms with E-state index < -0.39 is 5.92 Å². The van der Waals surface area contributed by atoms with Crippen LogP contribution in [0.25, 0.3) is 5.76 Å². The highest BCUT2D eigenvalue weighted by Gasteiger charge is 2.36. The van der Waals surface area contributed by atoms with Crippen molar-refractivity contribution < 1.29 is 14.7 Å². The van der Waals surface area contributed by atoms with Crippen LogP contribution in [-0.4, -0.2) is 16.7 Å². The van der Waals surface area contributed by atoms with E-state index in [-0.39, 0.29) is 29.7 Å². The number of aryl methyl sites for hydroxylation is 1. The van der Waals surface area contributed by atoms with Crippen LogP contribution in [0.2, 0.25) is 0 Å². The first-order valence-electron chi connectivity index (χ1n) is 8.56. The molecule has 1 N–H and O–H groups in total. The molecule has 0 saturated carbocycles. The molecule has 3 rings (SSSR count). The number of Topliss-reactive ketones (excluding diaryl/α,β-unsaturated/α-hetero) is 2. The molecule has 3 heteroatoms. The Morgan fingerprint density at radius 2 is 1.60 bits per heavy atom. The van der Waals surface area contributed by atoms with Gasteiger partial charge < -0.3 is 5.11 Å². The SMILES string of the molecule is Cc1ccc([C@H](CC(=O)C(C)C)C2=C(O)c3ccccc3C2=O)cc1. The van der Waals surface area contributed by atoms with Crippen molar-refractivity contribution in [2.24, 2.45) is 5.92 Å². The zero-order valence-electron chi connectivity index (χ0n) is 14.7. The number of ketones is 2. The van der Waals surface area contributed by atoms with Gasteiger partial charge in [-0.15, -0.1) is 0 Å². The van der Waals surface area contributed by atoms with Crippen LogP contribution in [0.1, 0.15) is 53.2 Å². The summed E-state index contributed by atoms with van der Waals surface area (Å²) in [4.78, 5) is 25.3. The number of aliphatic hydroxyl groups is 1. The van der Waals surface area contributed by atoms with Crippen molar-refractivity contribution in [1.29, 1.82) is 0 Å². The smallest absolute Gasteiger partial charge is 0.194 e. The molecular weight excluding hydrogens is 312 g/mol. The minimum Gasteiger partial charge on any atom is -0.507 e. The molecule has 0 radical (unpaired) electrons. The third-order valence-electron chi connectivity index (χ3n) is 4.80. The minimum atomic E-state index is -0.435. The third-order valence-corrected chi connectivity index (χ3v) is 4.80. The Balaban J connectivity index is 2.09. The summed E-state index contributed by atoms with van der Waals surface area (Å²) in [5.74, 6) is -0.655. The van der Waals surface area contributed by atoms with E-state index in [4.69, 9.17) is 0 Å². The topological polar surface area (TPSA) is 54.4 Å². The van der Waals surface area contributed by atoms with Crippen molar-refractivity contribution in [3.8, 4) is 0 Å². The second kappa shape index (κ2) is 6.67. The summed E-state index contributed by atoms with van der Waals surface area (Å²) in [7, 11) is 0. The van der Waals surface area contributed by atoms with Gasteiger partial charge in [-0.2, -0.15) is 0 Å². The van der Waals surface area contributed by atoms with Crippen LogP contribution in [0, 0.1) is 12.8 Å². The highest BCUT2D eigenvalue weighted by molar-refractivity contribution is 6.20. The Kier molecular flexibility index (Phi) is 4.58. The number of hydrogen-bond acceptors (Lipinski definition) is 3. The lowest BCUT2D eigenvalue weighted by molar-refractivity contribution is -0.122. The molecule has 0 spiro atoms. The maximum Gasteiger partial charge on any atom is 0.194 e. The molecule has 1 aliphatic carbocycles. The van der Waals surface area contributed by atoms with Crippen LogP contribution in [0.5, 0.6) is 0 Å². The molecule has 0 amide bonds. The number of carbonyl (C=O) groups excluding carboxylic acids is 2. The zero-order valence-corrected chi connectivity index (χ0v) is 14.7. The van der Waals surface area contributed by atoms with Gasteiger partial charge in [-0.3, -0.25) is 9.59 Å². The fraction of sp³-hybridized carbons (Fsp3) is 0.273. The van der Waals surface area contributed by atoms with Gasteiger partial charge in [-0.05, 0) is 12.5 Å². The van der Waals surface area contributed by atoms with Gasteiger partial charge in [0, 0.05) is 29.4 Å². The fourth-order valence-electron chi connectivity index (χ4n) is 3.23. The van der Waals surface area contributed by atoms with Crippen LogP contribution in [0.3, 0.4) is 0 Å². The number of hydrogen-bond donors (Lipinski definition) is 1. The number of benzene rings is 2. The Bertz CT molecular complexity index is 857. The van der Waals surface area contributed by atoms with E-state index in [1.165, 1.54) is 0 Å². The maximum absolute atomic E-state index is 12.9. The van der Waals surface area contributed by atoms with Crippen LogP contribution in [0.4, 0.5) is 0 Å². The first kappa shape index (κ1) is 17.2. The van der Waals surface area contributed by atoms with Crippen molar-refractivity contribution in [2.45, 2.75) is 33.1 Å². The van der Waals surface area contributed by atoms with Gasteiger partial charge in [-0.1, -0.05) is 67.9 Å². The van der Waals surface area contributed by atoms with Crippen LogP contribution in [0.15, 0.2) is 54.1 Å². The number of rotatable bonds is 5. The summed E-state index contributed by atoms with van der Waals surface area (Å²) in [6.45, 7) is 5.70. The molecule has 0 saturated heterocycles. The number of fused-ring (bicyclic) bond motifs is 1. The van der Waals surface area contributed by atoms with Gasteiger partial charge >= 0.3 is 0 Å². The molecule has 0 unspecified atom stereocenters. The quantitative estimate of drug-likeness (QED) is 0.849. The Hall–Kier alpha value is -2.68. The Labute approximate surface area is 148 Å². The van der Waals surface area contributed by atoms with E-state index in [0.29, 0.717) is 16.7 Å². The van der Waals surface area contributed by atoms with Gasteiger partial charge in [0.1, 0.15) is 11.5 Å². The second-order valence-corrected chi connectivity index (χ2v) is 6.93. The van der Waals surface area contributed by atoms with E-state index >= 15 is 0 Å². The second-order valence-electron chi connectivity index (χ2n) is 6.93. The summed E-state index contributed by atoms with van der Waals surface area (Å²) in [6.07, 6.45) is 0.208. The minimum absolute atomic E-state index is 0.00253. The van der Waals surface area contributed by atoms with E-state index in [0.717, 1.165) is 11.1 Å². The zero-order chi connectivity index (χ0) is 18.1. The van der Waals surface area contributed by atoms with E-state index in [2.05, 4.69) is 0 Å². The molecule has 2 aromatic carbocycles. The third kappa shape index (κ3) is 3.14. The van der Waals surface area contributed by atoms with Gasteiger partial charge in [0.15, 0.2) is 5.78 Å². The molecule has 2 aromatic rings. The van der Waals surface area contributed by atoms with Crippen LogP contribution in [-0.2, 0) is 4.79 Å². The number of aliphatic hydroxyl groups excluding tert-OH is 1. The summed E-state index contributed by atoms with van der Waals surface area (Å²) in [5, 5.41) is 10.7. The molecule has 1 aliphatic rings. The first-order valence-corrected chi connectivity index (χ1v) is 8.56. The first-order chi connectivity index (χ1) is 11.9. The molecule has 0 aromatic heterocycles. The number of carbonyl (C=O) groups is 2. The van der Waals surface area contributed by atoms with Gasteiger partial charge in [0.05, 0.1) is 5.57 Å². The number of allylic oxidation sites excluding steroid dienone is 1. The summed E-state index contributed by atoms with van der Waals surface area (Å²) < 4.78 is 0. The lowest BCUT2D eigenvalue weighted by atomic mass is 9.83.